The van der Waals surface area contributed by atoms with E-state index in [0.29, 0.717) is 12.0 Å². The molecule has 3 nitrogen and oxygen atoms in total. The van der Waals surface area contributed by atoms with Crippen molar-refractivity contribution < 1.29 is 14.3 Å². The maximum Gasteiger partial charge on any atom is 0.333 e. The molecular weight excluding hydrogens is 204 g/mol. The Morgan fingerprint density at radius 3 is 1.88 bits per heavy atom. The van der Waals surface area contributed by atoms with Crippen molar-refractivity contribution in [3.63, 3.8) is 0 Å². The van der Waals surface area contributed by atoms with Crippen LogP contribution in [0.4, 0.5) is 0 Å². The lowest BCUT2D eigenvalue weighted by atomic mass is 9.79. The second-order valence-corrected chi connectivity index (χ2v) is 5.55. The highest BCUT2D eigenvalue weighted by Gasteiger charge is 2.34. The maximum absolute atomic E-state index is 11.4. The molecule has 0 saturated carbocycles. The minimum absolute atomic E-state index is 0.0898. The molecule has 0 amide bonds. The van der Waals surface area contributed by atoms with Crippen LogP contribution in [0.3, 0.4) is 0 Å². The fraction of sp³-hybridized carbons (Fsp3) is 0.692. The number of rotatable bonds is 5. The Kier molecular flexibility index (Phi) is 4.47. The van der Waals surface area contributed by atoms with Crippen molar-refractivity contribution >= 4 is 11.8 Å². The molecule has 0 N–H and O–H groups in total. The molecule has 0 aliphatic carbocycles. The van der Waals surface area contributed by atoms with Gasteiger partial charge in [-0.05, 0) is 34.1 Å². The summed E-state index contributed by atoms with van der Waals surface area (Å²) in [6.07, 6.45) is 0.494. The molecule has 0 radical (unpaired) electrons. The number of ketones is 1. The Balaban J connectivity index is 4.64. The van der Waals surface area contributed by atoms with E-state index in [2.05, 4.69) is 6.58 Å². The minimum atomic E-state index is -0.662. The van der Waals surface area contributed by atoms with E-state index >= 15 is 0 Å². The van der Waals surface area contributed by atoms with Gasteiger partial charge in [-0.25, -0.2) is 4.79 Å². The molecule has 3 heteroatoms. The van der Waals surface area contributed by atoms with Crippen LogP contribution in [0.5, 0.6) is 0 Å². The normalized spacial score (nSPS) is 12.1. The first-order valence-electron chi connectivity index (χ1n) is 5.38. The van der Waals surface area contributed by atoms with Gasteiger partial charge in [0.05, 0.1) is 0 Å². The van der Waals surface area contributed by atoms with Gasteiger partial charge in [0, 0.05) is 11.0 Å². The quantitative estimate of drug-likeness (QED) is 0.534. The first kappa shape index (κ1) is 14.9. The van der Waals surface area contributed by atoms with Crippen LogP contribution >= 0.6 is 0 Å². The first-order chi connectivity index (χ1) is 6.98. The summed E-state index contributed by atoms with van der Waals surface area (Å²) in [5.74, 6) is -0.323. The van der Waals surface area contributed by atoms with Gasteiger partial charge in [0.1, 0.15) is 11.4 Å². The first-order valence-corrected chi connectivity index (χ1v) is 5.38. The number of Topliss-reactive ketones (excluding diaryl/α,β-unsaturated/α-hetero) is 1. The minimum Gasteiger partial charge on any atom is -0.456 e. The molecule has 0 aromatic rings. The van der Waals surface area contributed by atoms with E-state index in [0.717, 1.165) is 0 Å². The lowest BCUT2D eigenvalue weighted by Crippen LogP contribution is -2.37. The summed E-state index contributed by atoms with van der Waals surface area (Å²) >= 11 is 0. The third-order valence-corrected chi connectivity index (χ3v) is 2.54. The number of ether oxygens (including phenoxy) is 1. The van der Waals surface area contributed by atoms with E-state index in [4.69, 9.17) is 4.74 Å². The zero-order chi connectivity index (χ0) is 13.1. The van der Waals surface area contributed by atoms with E-state index in [-0.39, 0.29) is 5.78 Å². The standard InChI is InChI=1S/C13H22O3/c1-9(2)11(15)16-13(6,7)8-12(4,5)10(3)14/h1,8H2,2-7H3. The highest BCUT2D eigenvalue weighted by molar-refractivity contribution is 5.87. The van der Waals surface area contributed by atoms with Gasteiger partial charge in [-0.1, -0.05) is 20.4 Å². The van der Waals surface area contributed by atoms with Gasteiger partial charge in [0.25, 0.3) is 0 Å². The van der Waals surface area contributed by atoms with Crippen molar-refractivity contribution in [3.8, 4) is 0 Å². The number of esters is 1. The fourth-order valence-electron chi connectivity index (χ4n) is 1.56. The summed E-state index contributed by atoms with van der Waals surface area (Å²) in [6.45, 7) is 14.0. The SMILES string of the molecule is C=C(C)C(=O)OC(C)(C)CC(C)(C)C(C)=O. The monoisotopic (exact) mass is 226 g/mol. The van der Waals surface area contributed by atoms with Crippen LogP contribution in [0.2, 0.25) is 0 Å². The molecular formula is C13H22O3. The van der Waals surface area contributed by atoms with E-state index in [1.54, 1.807) is 27.7 Å². The number of hydrogen-bond donors (Lipinski definition) is 0. The number of hydrogen-bond acceptors (Lipinski definition) is 3. The predicted molar refractivity (Wildman–Crippen MR) is 64.1 cm³/mol. The molecule has 0 unspecified atom stereocenters. The van der Waals surface area contributed by atoms with Crippen molar-refractivity contribution in [2.75, 3.05) is 0 Å². The highest BCUT2D eigenvalue weighted by Crippen LogP contribution is 2.31. The van der Waals surface area contributed by atoms with Gasteiger partial charge in [0.2, 0.25) is 0 Å². The summed E-state index contributed by atoms with van der Waals surface area (Å²) in [6, 6.07) is 0. The topological polar surface area (TPSA) is 43.4 Å². The van der Waals surface area contributed by atoms with Crippen LogP contribution in [0.15, 0.2) is 12.2 Å². The Bertz CT molecular complexity index is 311. The molecule has 0 aromatic heterocycles. The molecule has 0 aliphatic heterocycles. The molecule has 16 heavy (non-hydrogen) atoms. The maximum atomic E-state index is 11.4. The molecule has 0 heterocycles. The zero-order valence-corrected chi connectivity index (χ0v) is 11.1. The Labute approximate surface area is 97.9 Å². The van der Waals surface area contributed by atoms with Crippen LogP contribution in [0, 0.1) is 5.41 Å². The molecule has 0 bridgehead atoms. The summed E-state index contributed by atoms with van der Waals surface area (Å²) in [5, 5.41) is 0. The lowest BCUT2D eigenvalue weighted by Gasteiger charge is -2.33. The molecule has 0 spiro atoms. The smallest absolute Gasteiger partial charge is 0.333 e. The van der Waals surface area contributed by atoms with Gasteiger partial charge < -0.3 is 4.74 Å². The van der Waals surface area contributed by atoms with Crippen molar-refractivity contribution in [3.05, 3.63) is 12.2 Å². The summed E-state index contributed by atoms with van der Waals surface area (Å²) in [7, 11) is 0. The number of carbonyl (C=O) groups is 2. The third-order valence-electron chi connectivity index (χ3n) is 2.54. The van der Waals surface area contributed by atoms with Crippen LogP contribution < -0.4 is 0 Å². The van der Waals surface area contributed by atoms with E-state index in [9.17, 15) is 9.59 Å². The van der Waals surface area contributed by atoms with Crippen molar-refractivity contribution in [1.29, 1.82) is 0 Å². The lowest BCUT2D eigenvalue weighted by molar-refractivity contribution is -0.155. The highest BCUT2D eigenvalue weighted by atomic mass is 16.6. The molecule has 92 valence electrons. The van der Waals surface area contributed by atoms with E-state index in [1.807, 2.05) is 13.8 Å². The zero-order valence-electron chi connectivity index (χ0n) is 11.1. The molecule has 0 saturated heterocycles. The van der Waals surface area contributed by atoms with Crippen LogP contribution in [0.1, 0.15) is 48.0 Å². The molecule has 0 aromatic carbocycles. The van der Waals surface area contributed by atoms with E-state index in [1.165, 1.54) is 0 Å². The van der Waals surface area contributed by atoms with Crippen molar-refractivity contribution in [1.82, 2.24) is 0 Å². The summed E-state index contributed by atoms with van der Waals surface area (Å²) < 4.78 is 5.29. The molecule has 0 fully saturated rings. The predicted octanol–water partition coefficient (Wildman–Crippen LogP) is 2.89. The second-order valence-electron chi connectivity index (χ2n) is 5.55. The Morgan fingerprint density at radius 1 is 1.12 bits per heavy atom. The average molecular weight is 226 g/mol. The largest absolute Gasteiger partial charge is 0.456 e. The molecule has 0 rings (SSSR count). The molecule has 0 aliphatic rings. The van der Waals surface area contributed by atoms with Gasteiger partial charge in [0.15, 0.2) is 0 Å². The van der Waals surface area contributed by atoms with Crippen LogP contribution in [-0.4, -0.2) is 17.4 Å². The second kappa shape index (κ2) is 4.81. The summed E-state index contributed by atoms with van der Waals surface area (Å²) in [5.41, 5.74) is -0.780. The molecule has 0 atom stereocenters. The van der Waals surface area contributed by atoms with Crippen molar-refractivity contribution in [2.45, 2.75) is 53.6 Å². The van der Waals surface area contributed by atoms with Crippen LogP contribution in [0.25, 0.3) is 0 Å². The summed E-state index contributed by atoms with van der Waals surface area (Å²) in [4.78, 5) is 22.8. The fourth-order valence-corrected chi connectivity index (χ4v) is 1.56. The van der Waals surface area contributed by atoms with E-state index < -0.39 is 17.0 Å². The Morgan fingerprint density at radius 2 is 1.56 bits per heavy atom. The number of carbonyl (C=O) groups excluding carboxylic acids is 2. The third kappa shape index (κ3) is 4.60. The Hall–Kier alpha value is -1.12. The van der Waals surface area contributed by atoms with Crippen molar-refractivity contribution in [2.24, 2.45) is 5.41 Å². The van der Waals surface area contributed by atoms with Gasteiger partial charge in [-0.15, -0.1) is 0 Å². The van der Waals surface area contributed by atoms with Gasteiger partial charge >= 0.3 is 5.97 Å². The van der Waals surface area contributed by atoms with Gasteiger partial charge in [-0.3, -0.25) is 4.79 Å². The van der Waals surface area contributed by atoms with Crippen LogP contribution in [-0.2, 0) is 14.3 Å². The average Bonchev–Trinajstić information content (AvgIpc) is 1.99. The van der Waals surface area contributed by atoms with Gasteiger partial charge in [-0.2, -0.15) is 0 Å².